The fourth-order valence-electron chi connectivity index (χ4n) is 6.24. The zero-order valence-corrected chi connectivity index (χ0v) is 21.9. The maximum absolute atomic E-state index is 6.31. The Hall–Kier alpha value is -2.14. The van der Waals surface area contributed by atoms with Crippen LogP contribution in [0.5, 0.6) is 0 Å². The van der Waals surface area contributed by atoms with Gasteiger partial charge in [-0.05, 0) is 42.0 Å². The molecule has 0 saturated heterocycles. The summed E-state index contributed by atoms with van der Waals surface area (Å²) >= 11 is 0. The summed E-state index contributed by atoms with van der Waals surface area (Å²) < 4.78 is 5.86. The zero-order valence-electron chi connectivity index (χ0n) is 21.9. The van der Waals surface area contributed by atoms with E-state index in [0.29, 0.717) is 17.8 Å². The van der Waals surface area contributed by atoms with Crippen molar-refractivity contribution in [2.24, 2.45) is 0 Å². The molecule has 0 bridgehead atoms. The molecule has 2 unspecified atom stereocenters. The van der Waals surface area contributed by atoms with Crippen molar-refractivity contribution in [2.45, 2.75) is 121 Å². The quantitative estimate of drug-likeness (QED) is 0.371. The van der Waals surface area contributed by atoms with Crippen LogP contribution >= 0.6 is 0 Å². The fraction of sp³-hybridized carbons (Fsp3) is 0.613. The van der Waals surface area contributed by atoms with E-state index in [9.17, 15) is 0 Å². The van der Waals surface area contributed by atoms with Gasteiger partial charge in [-0.3, -0.25) is 0 Å². The molecular weight excluding hydrogens is 441 g/mol. The minimum Gasteiger partial charge on any atom is -0.339 e. The van der Waals surface area contributed by atoms with E-state index in [4.69, 9.17) is 17.4 Å². The van der Waals surface area contributed by atoms with Gasteiger partial charge in [0, 0.05) is 24.1 Å². The van der Waals surface area contributed by atoms with Gasteiger partial charge in [0.2, 0.25) is 11.7 Å². The lowest BCUT2D eigenvalue weighted by Crippen LogP contribution is -2.28. The van der Waals surface area contributed by atoms with Crippen LogP contribution in [0.25, 0.3) is 22.2 Å². The van der Waals surface area contributed by atoms with E-state index in [1.165, 1.54) is 106 Å². The van der Waals surface area contributed by atoms with E-state index in [2.05, 4.69) is 46.9 Å². The van der Waals surface area contributed by atoms with Gasteiger partial charge in [-0.1, -0.05) is 118 Å². The summed E-state index contributed by atoms with van der Waals surface area (Å²) in [4.78, 5) is 4.94. The Bertz CT molecular complexity index is 1090. The van der Waals surface area contributed by atoms with E-state index in [1.807, 2.05) is 0 Å². The molecule has 3 aromatic rings. The lowest BCUT2D eigenvalue weighted by molar-refractivity contribution is 0.334. The Balaban J connectivity index is 1.33. The first-order valence-corrected chi connectivity index (χ1v) is 14.6. The standard InChI is InChI=1S/C31H42BN3O/c32-25-14-8-5-9-15-26(20-19-25)33-22-24-18-21-29(28-17-11-10-16-27(24)28)30-34-31(36-35-30)23-12-6-3-1-2-4-7-13-23/h10-11,16-18,21,23,25-26,33H,1-9,12-15,19-20,22H2. The van der Waals surface area contributed by atoms with Crippen molar-refractivity contribution in [1.29, 1.82) is 0 Å². The lowest BCUT2D eigenvalue weighted by Gasteiger charge is -2.20. The highest BCUT2D eigenvalue weighted by Gasteiger charge is 2.21. The number of nitrogens with zero attached hydrogens (tertiary/aromatic N) is 2. The molecule has 5 heteroatoms. The highest BCUT2D eigenvalue weighted by atomic mass is 16.5. The summed E-state index contributed by atoms with van der Waals surface area (Å²) in [5, 5.41) is 10.8. The third-order valence-electron chi connectivity index (χ3n) is 8.50. The number of rotatable bonds is 5. The van der Waals surface area contributed by atoms with E-state index in [1.54, 1.807) is 0 Å². The summed E-state index contributed by atoms with van der Waals surface area (Å²) in [6, 6.07) is 13.7. The summed E-state index contributed by atoms with van der Waals surface area (Å²) in [6.45, 7) is 0.875. The van der Waals surface area contributed by atoms with Crippen LogP contribution in [0.2, 0.25) is 5.82 Å². The van der Waals surface area contributed by atoms with Crippen molar-refractivity contribution >= 4 is 18.6 Å². The summed E-state index contributed by atoms with van der Waals surface area (Å²) in [5.41, 5.74) is 2.40. The fourth-order valence-corrected chi connectivity index (χ4v) is 6.24. The minimum atomic E-state index is 0.360. The first-order chi connectivity index (χ1) is 17.8. The van der Waals surface area contributed by atoms with Crippen molar-refractivity contribution in [2.75, 3.05) is 0 Å². The van der Waals surface area contributed by atoms with Gasteiger partial charge in [0.25, 0.3) is 0 Å². The number of hydrogen-bond donors (Lipinski definition) is 1. The number of nitrogens with one attached hydrogen (secondary N) is 1. The van der Waals surface area contributed by atoms with Crippen molar-refractivity contribution in [3.05, 3.63) is 47.9 Å². The lowest BCUT2D eigenvalue weighted by atomic mass is 9.79. The van der Waals surface area contributed by atoms with Gasteiger partial charge < -0.3 is 9.84 Å². The topological polar surface area (TPSA) is 51.0 Å². The minimum absolute atomic E-state index is 0.360. The second-order valence-corrected chi connectivity index (χ2v) is 11.2. The summed E-state index contributed by atoms with van der Waals surface area (Å²) in [5.74, 6) is 2.32. The van der Waals surface area contributed by atoms with Crippen molar-refractivity contribution in [3.8, 4) is 11.4 Å². The summed E-state index contributed by atoms with van der Waals surface area (Å²) in [6.07, 6.45) is 18.8. The Morgan fingerprint density at radius 2 is 1.44 bits per heavy atom. The smallest absolute Gasteiger partial charge is 0.230 e. The average molecular weight is 484 g/mol. The normalized spacial score (nSPS) is 23.2. The molecule has 2 radical (unpaired) electrons. The third kappa shape index (κ3) is 6.59. The highest BCUT2D eigenvalue weighted by molar-refractivity contribution is 6.11. The predicted octanol–water partition coefficient (Wildman–Crippen LogP) is 8.27. The van der Waals surface area contributed by atoms with Gasteiger partial charge >= 0.3 is 0 Å². The maximum Gasteiger partial charge on any atom is 0.230 e. The summed E-state index contributed by atoms with van der Waals surface area (Å²) in [7, 11) is 6.31. The maximum atomic E-state index is 6.31. The molecular formula is C31H42BN3O. The van der Waals surface area contributed by atoms with Gasteiger partial charge in [0.1, 0.15) is 0 Å². The van der Waals surface area contributed by atoms with Crippen molar-refractivity contribution in [1.82, 2.24) is 15.5 Å². The largest absolute Gasteiger partial charge is 0.339 e. The SMILES string of the molecule is [B]C1CCCCCC(NCc2ccc(-c3noc(C4CCCCCCCC4)n3)c3ccccc23)CC1. The van der Waals surface area contributed by atoms with Crippen LogP contribution in [0.1, 0.15) is 114 Å². The molecule has 2 aromatic carbocycles. The van der Waals surface area contributed by atoms with E-state index in [-0.39, 0.29) is 0 Å². The molecule has 36 heavy (non-hydrogen) atoms. The predicted molar refractivity (Wildman–Crippen MR) is 149 cm³/mol. The molecule has 1 N–H and O–H groups in total. The molecule has 2 atom stereocenters. The van der Waals surface area contributed by atoms with Crippen LogP contribution in [-0.4, -0.2) is 24.0 Å². The molecule has 0 aliphatic heterocycles. The Morgan fingerprint density at radius 3 is 2.28 bits per heavy atom. The first-order valence-electron chi connectivity index (χ1n) is 14.6. The molecule has 2 aliphatic carbocycles. The molecule has 2 aliphatic rings. The van der Waals surface area contributed by atoms with Crippen molar-refractivity contribution < 1.29 is 4.52 Å². The Morgan fingerprint density at radius 1 is 0.750 bits per heavy atom. The van der Waals surface area contributed by atoms with E-state index < -0.39 is 0 Å². The molecule has 0 spiro atoms. The average Bonchev–Trinajstić information content (AvgIpc) is 3.45. The van der Waals surface area contributed by atoms with Gasteiger partial charge in [-0.15, -0.1) is 0 Å². The van der Waals surface area contributed by atoms with E-state index in [0.717, 1.165) is 30.2 Å². The molecule has 190 valence electrons. The van der Waals surface area contributed by atoms with Crippen LogP contribution < -0.4 is 5.32 Å². The molecule has 1 aromatic heterocycles. The molecule has 4 nitrogen and oxygen atoms in total. The molecule has 0 amide bonds. The third-order valence-corrected chi connectivity index (χ3v) is 8.50. The van der Waals surface area contributed by atoms with Crippen LogP contribution in [-0.2, 0) is 6.54 Å². The molecule has 5 rings (SSSR count). The highest BCUT2D eigenvalue weighted by Crippen LogP contribution is 2.33. The van der Waals surface area contributed by atoms with Gasteiger partial charge in [-0.25, -0.2) is 0 Å². The number of fused-ring (bicyclic) bond motifs is 1. The van der Waals surface area contributed by atoms with Crippen molar-refractivity contribution in [3.63, 3.8) is 0 Å². The number of benzene rings is 2. The molecule has 2 fully saturated rings. The molecule has 2 saturated carbocycles. The zero-order chi connectivity index (χ0) is 24.6. The Kier molecular flexibility index (Phi) is 9.14. The van der Waals surface area contributed by atoms with Crippen LogP contribution in [0, 0.1) is 0 Å². The second-order valence-electron chi connectivity index (χ2n) is 11.2. The van der Waals surface area contributed by atoms with Crippen LogP contribution in [0.4, 0.5) is 0 Å². The van der Waals surface area contributed by atoms with Gasteiger partial charge in [0.05, 0.1) is 7.85 Å². The van der Waals surface area contributed by atoms with Gasteiger partial charge in [-0.2, -0.15) is 4.98 Å². The van der Waals surface area contributed by atoms with Crippen LogP contribution in [0.3, 0.4) is 0 Å². The first kappa shape index (κ1) is 25.5. The van der Waals surface area contributed by atoms with Gasteiger partial charge in [0.15, 0.2) is 0 Å². The van der Waals surface area contributed by atoms with Crippen LogP contribution in [0.15, 0.2) is 40.9 Å². The second kappa shape index (κ2) is 12.9. The van der Waals surface area contributed by atoms with E-state index >= 15 is 0 Å². The number of hydrogen-bond acceptors (Lipinski definition) is 4. The molecule has 1 heterocycles. The Labute approximate surface area is 218 Å². The monoisotopic (exact) mass is 483 g/mol. The number of aromatic nitrogens is 2.